The maximum Gasteiger partial charge on any atom is 0.419 e. The summed E-state index contributed by atoms with van der Waals surface area (Å²) in [6.07, 6.45) is -2.42. The molecule has 0 unspecified atom stereocenters. The largest absolute Gasteiger partial charge is 0.419 e. The smallest absolute Gasteiger partial charge is 0.358 e. The lowest BCUT2D eigenvalue weighted by atomic mass is 9.83. The molecule has 2 aromatic carbocycles. The van der Waals surface area contributed by atoms with Gasteiger partial charge in [0.15, 0.2) is 11.5 Å². The van der Waals surface area contributed by atoms with Crippen molar-refractivity contribution >= 4 is 29.0 Å². The number of halogens is 6. The van der Waals surface area contributed by atoms with Crippen molar-refractivity contribution < 1.29 is 31.5 Å². The molecule has 7 nitrogen and oxygen atoms in total. The summed E-state index contributed by atoms with van der Waals surface area (Å²) in [5, 5.41) is 4.57. The minimum Gasteiger partial charge on any atom is -0.358 e. The molecule has 1 spiro atoms. The van der Waals surface area contributed by atoms with Gasteiger partial charge in [-0.2, -0.15) is 18.3 Å². The van der Waals surface area contributed by atoms with E-state index < -0.39 is 29.0 Å². The van der Waals surface area contributed by atoms with Crippen LogP contribution in [0, 0.1) is 11.6 Å². The lowest BCUT2D eigenvalue weighted by Gasteiger charge is -2.44. The van der Waals surface area contributed by atoms with Gasteiger partial charge in [0.1, 0.15) is 22.3 Å². The van der Waals surface area contributed by atoms with Gasteiger partial charge in [-0.1, -0.05) is 11.6 Å². The van der Waals surface area contributed by atoms with Crippen molar-refractivity contribution in [2.75, 3.05) is 24.5 Å². The summed E-state index contributed by atoms with van der Waals surface area (Å²) in [6, 6.07) is 12.9. The van der Waals surface area contributed by atoms with Gasteiger partial charge < -0.3 is 9.80 Å². The van der Waals surface area contributed by atoms with E-state index in [9.17, 15) is 31.5 Å². The Morgan fingerprint density at radius 1 is 0.907 bits per heavy atom. The summed E-state index contributed by atoms with van der Waals surface area (Å²) < 4.78 is 68.8. The average molecular weight is 616 g/mol. The van der Waals surface area contributed by atoms with Crippen LogP contribution in [0.3, 0.4) is 0 Å². The molecule has 2 saturated heterocycles. The summed E-state index contributed by atoms with van der Waals surface area (Å²) in [6.45, 7) is 0.967. The Labute approximate surface area is 247 Å². The number of nitrogens with zero attached hydrogens (tertiary/aromatic N) is 5. The SMILES string of the molecule is O=C(c1cc(-c2ccc(Cl)nc2)n(-c2ccc(C(F)(F)F)c(F)c2)n1)N1CCC2(CC1)C(=O)CCN2c1ccc(F)cc1. The Hall–Kier alpha value is -4.32. The van der Waals surface area contributed by atoms with E-state index >= 15 is 0 Å². The molecule has 1 amide bonds. The molecule has 13 heteroatoms. The molecule has 0 bridgehead atoms. The second-order valence-electron chi connectivity index (χ2n) is 10.5. The van der Waals surface area contributed by atoms with Gasteiger partial charge in [-0.25, -0.2) is 18.4 Å². The van der Waals surface area contributed by atoms with Crippen molar-refractivity contribution in [3.8, 4) is 16.9 Å². The molecule has 4 heterocycles. The van der Waals surface area contributed by atoms with Crippen LogP contribution < -0.4 is 4.90 Å². The first-order valence-corrected chi connectivity index (χ1v) is 13.8. The van der Waals surface area contributed by atoms with Crippen LogP contribution in [0.5, 0.6) is 0 Å². The number of pyridine rings is 1. The number of likely N-dealkylation sites (tertiary alicyclic amines) is 1. The van der Waals surface area contributed by atoms with Crippen LogP contribution in [0.2, 0.25) is 5.15 Å². The van der Waals surface area contributed by atoms with Crippen LogP contribution in [0.4, 0.5) is 27.6 Å². The number of carbonyl (C=O) groups excluding carboxylic acids is 2. The summed E-state index contributed by atoms with van der Waals surface area (Å²) in [4.78, 5) is 34.3. The third-order valence-electron chi connectivity index (χ3n) is 8.07. The molecule has 222 valence electrons. The third kappa shape index (κ3) is 5.24. The van der Waals surface area contributed by atoms with E-state index in [0.717, 1.165) is 11.8 Å². The second kappa shape index (κ2) is 10.7. The number of amides is 1. The van der Waals surface area contributed by atoms with E-state index in [4.69, 9.17) is 11.6 Å². The lowest BCUT2D eigenvalue weighted by molar-refractivity contribution is -0.140. The predicted octanol–water partition coefficient (Wildman–Crippen LogP) is 6.34. The van der Waals surface area contributed by atoms with Crippen molar-refractivity contribution in [2.45, 2.75) is 31.0 Å². The topological polar surface area (TPSA) is 71.3 Å². The monoisotopic (exact) mass is 615 g/mol. The molecule has 0 atom stereocenters. The molecule has 2 aromatic heterocycles. The molecule has 0 saturated carbocycles. The Morgan fingerprint density at radius 2 is 1.60 bits per heavy atom. The van der Waals surface area contributed by atoms with Gasteiger partial charge in [-0.05, 0) is 67.4 Å². The van der Waals surface area contributed by atoms with Crippen molar-refractivity contribution in [3.63, 3.8) is 0 Å². The highest BCUT2D eigenvalue weighted by Gasteiger charge is 2.50. The summed E-state index contributed by atoms with van der Waals surface area (Å²) in [5.41, 5.74) is -0.822. The van der Waals surface area contributed by atoms with Gasteiger partial charge in [0.2, 0.25) is 0 Å². The highest BCUT2D eigenvalue weighted by atomic mass is 35.5. The number of benzene rings is 2. The maximum absolute atomic E-state index is 14.5. The van der Waals surface area contributed by atoms with E-state index in [1.807, 2.05) is 4.90 Å². The number of hydrogen-bond donors (Lipinski definition) is 0. The molecule has 6 rings (SSSR count). The second-order valence-corrected chi connectivity index (χ2v) is 10.9. The fraction of sp³-hybridized carbons (Fsp3) is 0.267. The fourth-order valence-electron chi connectivity index (χ4n) is 5.88. The van der Waals surface area contributed by atoms with E-state index in [-0.39, 0.29) is 46.9 Å². The Bertz CT molecular complexity index is 1700. The molecule has 43 heavy (non-hydrogen) atoms. The zero-order chi connectivity index (χ0) is 30.5. The van der Waals surface area contributed by atoms with Crippen LogP contribution in [0.25, 0.3) is 16.9 Å². The molecule has 2 aliphatic heterocycles. The molecule has 0 radical (unpaired) electrons. The van der Waals surface area contributed by atoms with Crippen molar-refractivity contribution in [2.24, 2.45) is 0 Å². The number of carbonyl (C=O) groups is 2. The van der Waals surface area contributed by atoms with Crippen LogP contribution in [-0.4, -0.2) is 56.5 Å². The van der Waals surface area contributed by atoms with Gasteiger partial charge >= 0.3 is 6.18 Å². The first-order chi connectivity index (χ1) is 20.5. The van der Waals surface area contributed by atoms with Crippen molar-refractivity contribution in [1.82, 2.24) is 19.7 Å². The number of Topliss-reactive ketones (excluding diaryl/α,β-unsaturated/α-hetero) is 1. The van der Waals surface area contributed by atoms with Crippen LogP contribution in [0.15, 0.2) is 66.9 Å². The standard InChI is InChI=1S/C30H23ClF5N5O2/c31-27-8-1-18(17-37-27)25-16-24(38-41(25)21-6-7-22(23(33)15-21)30(34,35)36)28(43)39-13-10-29(11-14-39)26(42)9-12-40(29)20-4-2-19(32)3-5-20/h1-8,15-17H,9-14H2. The average Bonchev–Trinajstić information content (AvgIpc) is 3.55. The van der Waals surface area contributed by atoms with Crippen molar-refractivity contribution in [1.29, 1.82) is 0 Å². The number of anilines is 1. The van der Waals surface area contributed by atoms with E-state index in [0.29, 0.717) is 43.5 Å². The highest BCUT2D eigenvalue weighted by molar-refractivity contribution is 6.29. The van der Waals surface area contributed by atoms with E-state index in [1.165, 1.54) is 35.1 Å². The summed E-state index contributed by atoms with van der Waals surface area (Å²) >= 11 is 5.92. The minimum absolute atomic E-state index is 0.0191. The van der Waals surface area contributed by atoms with Gasteiger partial charge in [0.05, 0.1) is 16.9 Å². The Kier molecular flexibility index (Phi) is 7.19. The van der Waals surface area contributed by atoms with Crippen LogP contribution in [0.1, 0.15) is 35.3 Å². The van der Waals surface area contributed by atoms with Gasteiger partial charge in [-0.3, -0.25) is 9.59 Å². The normalized spacial score (nSPS) is 16.7. The fourth-order valence-corrected chi connectivity index (χ4v) is 5.99. The van der Waals surface area contributed by atoms with Gasteiger partial charge in [-0.15, -0.1) is 0 Å². The molecule has 2 aliphatic rings. The predicted molar refractivity (Wildman–Crippen MR) is 148 cm³/mol. The minimum atomic E-state index is -4.88. The summed E-state index contributed by atoms with van der Waals surface area (Å²) in [7, 11) is 0. The molecule has 0 N–H and O–H groups in total. The van der Waals surface area contributed by atoms with Crippen molar-refractivity contribution in [3.05, 3.63) is 94.9 Å². The van der Waals surface area contributed by atoms with Crippen LogP contribution in [-0.2, 0) is 11.0 Å². The molecule has 0 aliphatic carbocycles. The number of rotatable bonds is 4. The highest BCUT2D eigenvalue weighted by Crippen LogP contribution is 2.40. The third-order valence-corrected chi connectivity index (χ3v) is 8.29. The Balaban J connectivity index is 1.30. The number of hydrogen-bond acceptors (Lipinski definition) is 5. The summed E-state index contributed by atoms with van der Waals surface area (Å²) in [5.74, 6) is -2.25. The Morgan fingerprint density at radius 3 is 2.23 bits per heavy atom. The lowest BCUT2D eigenvalue weighted by Crippen LogP contribution is -2.56. The van der Waals surface area contributed by atoms with Gasteiger partial charge in [0.25, 0.3) is 5.91 Å². The molecular weight excluding hydrogens is 593 g/mol. The number of ketones is 1. The maximum atomic E-state index is 14.5. The zero-order valence-electron chi connectivity index (χ0n) is 22.4. The first kappa shape index (κ1) is 28.8. The number of piperidine rings is 1. The zero-order valence-corrected chi connectivity index (χ0v) is 23.2. The molecular formula is C30H23ClF5N5O2. The molecule has 2 fully saturated rings. The number of alkyl halides is 3. The molecule has 4 aromatic rings. The first-order valence-electron chi connectivity index (χ1n) is 13.4. The van der Waals surface area contributed by atoms with E-state index in [1.54, 1.807) is 23.1 Å². The van der Waals surface area contributed by atoms with E-state index in [2.05, 4.69) is 10.1 Å². The number of aromatic nitrogens is 3. The van der Waals surface area contributed by atoms with Crippen LogP contribution >= 0.6 is 11.6 Å². The van der Waals surface area contributed by atoms with Gasteiger partial charge in [0, 0.05) is 49.6 Å². The quantitative estimate of drug-likeness (QED) is 0.198.